The molecule has 0 saturated heterocycles. The summed E-state index contributed by atoms with van der Waals surface area (Å²) in [6.07, 6.45) is 2.60. The van der Waals surface area contributed by atoms with E-state index >= 15 is 0 Å². The van der Waals surface area contributed by atoms with Crippen molar-refractivity contribution in [3.8, 4) is 0 Å². The highest BCUT2D eigenvalue weighted by atomic mass is 32.1. The van der Waals surface area contributed by atoms with E-state index in [2.05, 4.69) is 24.4 Å². The first-order chi connectivity index (χ1) is 6.60. The molecule has 0 atom stereocenters. The highest BCUT2D eigenvalue weighted by Gasteiger charge is 2.38. The molecule has 0 unspecified atom stereocenters. The molecule has 0 aliphatic heterocycles. The van der Waals surface area contributed by atoms with Gasteiger partial charge in [0.25, 0.3) is 0 Å². The van der Waals surface area contributed by atoms with Gasteiger partial charge in [-0.25, -0.2) is 0 Å². The largest absolute Gasteiger partial charge is 0.376 e. The maximum Gasteiger partial charge on any atom is 0.168 e. The Kier molecular flexibility index (Phi) is 2.19. The van der Waals surface area contributed by atoms with Gasteiger partial charge in [0.1, 0.15) is 0 Å². The number of hydrogen-bond acceptors (Lipinski definition) is 1. The van der Waals surface area contributed by atoms with E-state index in [0.717, 1.165) is 5.69 Å². The van der Waals surface area contributed by atoms with E-state index < -0.39 is 0 Å². The Labute approximate surface area is 89.5 Å². The fourth-order valence-corrected chi connectivity index (χ4v) is 1.69. The molecule has 14 heavy (non-hydrogen) atoms. The monoisotopic (exact) mass is 206 g/mol. The summed E-state index contributed by atoms with van der Waals surface area (Å²) in [6, 6.07) is 8.34. The molecule has 1 saturated carbocycles. The van der Waals surface area contributed by atoms with Crippen molar-refractivity contribution in [1.29, 1.82) is 0 Å². The summed E-state index contributed by atoms with van der Waals surface area (Å²) in [7, 11) is 0. The van der Waals surface area contributed by atoms with Gasteiger partial charge in [-0.2, -0.15) is 0 Å². The highest BCUT2D eigenvalue weighted by Crippen LogP contribution is 2.47. The van der Waals surface area contributed by atoms with Gasteiger partial charge in [-0.3, -0.25) is 0 Å². The molecular weight excluding hydrogens is 192 g/mol. The van der Waals surface area contributed by atoms with Gasteiger partial charge < -0.3 is 11.1 Å². The van der Waals surface area contributed by atoms with Crippen molar-refractivity contribution in [2.75, 3.05) is 5.32 Å². The van der Waals surface area contributed by atoms with E-state index in [0.29, 0.717) is 10.5 Å². The van der Waals surface area contributed by atoms with Gasteiger partial charge in [0, 0.05) is 5.69 Å². The van der Waals surface area contributed by atoms with Crippen LogP contribution >= 0.6 is 12.2 Å². The molecule has 0 bridgehead atoms. The van der Waals surface area contributed by atoms with E-state index in [-0.39, 0.29) is 0 Å². The van der Waals surface area contributed by atoms with Crippen LogP contribution in [0.4, 0.5) is 5.69 Å². The van der Waals surface area contributed by atoms with Gasteiger partial charge in [0.15, 0.2) is 5.11 Å². The van der Waals surface area contributed by atoms with Crippen LogP contribution < -0.4 is 11.1 Å². The summed E-state index contributed by atoms with van der Waals surface area (Å²) in [5.74, 6) is 0. The lowest BCUT2D eigenvalue weighted by Gasteiger charge is -2.10. The van der Waals surface area contributed by atoms with Crippen molar-refractivity contribution in [3.05, 3.63) is 29.8 Å². The van der Waals surface area contributed by atoms with Crippen LogP contribution in [0.2, 0.25) is 0 Å². The lowest BCUT2D eigenvalue weighted by Crippen LogP contribution is -2.18. The molecule has 0 radical (unpaired) electrons. The SMILES string of the molecule is CC1(c2ccc(NC(N)=S)cc2)CC1. The van der Waals surface area contributed by atoms with Gasteiger partial charge >= 0.3 is 0 Å². The average molecular weight is 206 g/mol. The molecule has 1 aliphatic carbocycles. The molecule has 0 aromatic heterocycles. The van der Waals surface area contributed by atoms with Crippen molar-refractivity contribution in [1.82, 2.24) is 0 Å². The summed E-state index contributed by atoms with van der Waals surface area (Å²) in [6.45, 7) is 2.29. The maximum atomic E-state index is 5.38. The minimum absolute atomic E-state index is 0.315. The van der Waals surface area contributed by atoms with Gasteiger partial charge in [0.05, 0.1) is 0 Å². The Bertz CT molecular complexity index is 352. The maximum absolute atomic E-state index is 5.38. The minimum Gasteiger partial charge on any atom is -0.376 e. The Balaban J connectivity index is 2.14. The second-order valence-corrected chi connectivity index (χ2v) is 4.57. The minimum atomic E-state index is 0.315. The predicted octanol–water partition coefficient (Wildman–Crippen LogP) is 2.39. The number of benzene rings is 1. The summed E-state index contributed by atoms with van der Waals surface area (Å²) >= 11 is 4.76. The summed E-state index contributed by atoms with van der Waals surface area (Å²) < 4.78 is 0. The van der Waals surface area contributed by atoms with Crippen LogP contribution in [0, 0.1) is 0 Å². The zero-order valence-electron chi connectivity index (χ0n) is 8.21. The molecule has 2 nitrogen and oxygen atoms in total. The summed E-state index contributed by atoms with van der Waals surface area (Å²) in [4.78, 5) is 0. The number of rotatable bonds is 2. The molecule has 2 rings (SSSR count). The third-order valence-electron chi connectivity index (χ3n) is 2.85. The summed E-state index contributed by atoms with van der Waals surface area (Å²) in [5, 5.41) is 3.23. The standard InChI is InChI=1S/C11H14N2S/c1-11(6-7-11)8-2-4-9(5-3-8)13-10(12)14/h2-5H,6-7H2,1H3,(H3,12,13,14). The highest BCUT2D eigenvalue weighted by molar-refractivity contribution is 7.80. The zero-order valence-corrected chi connectivity index (χ0v) is 9.03. The zero-order chi connectivity index (χ0) is 10.2. The molecule has 74 valence electrons. The third-order valence-corrected chi connectivity index (χ3v) is 2.95. The van der Waals surface area contributed by atoms with Crippen LogP contribution in [0.5, 0.6) is 0 Å². The molecule has 1 aromatic carbocycles. The van der Waals surface area contributed by atoms with E-state index in [9.17, 15) is 0 Å². The number of hydrogen-bond donors (Lipinski definition) is 2. The van der Waals surface area contributed by atoms with Crippen molar-refractivity contribution in [2.45, 2.75) is 25.2 Å². The Morgan fingerprint density at radius 3 is 2.36 bits per heavy atom. The number of nitrogens with two attached hydrogens (primary N) is 1. The normalized spacial score (nSPS) is 17.5. The second-order valence-electron chi connectivity index (χ2n) is 4.13. The van der Waals surface area contributed by atoms with Crippen LogP contribution in [-0.4, -0.2) is 5.11 Å². The van der Waals surface area contributed by atoms with Crippen molar-refractivity contribution < 1.29 is 0 Å². The van der Waals surface area contributed by atoms with E-state index in [4.69, 9.17) is 18.0 Å². The molecule has 1 aromatic rings. The average Bonchev–Trinajstić information content (AvgIpc) is 2.85. The molecule has 1 aliphatic rings. The van der Waals surface area contributed by atoms with Crippen LogP contribution in [0.3, 0.4) is 0 Å². The first-order valence-corrected chi connectivity index (χ1v) is 5.18. The third kappa shape index (κ3) is 1.87. The smallest absolute Gasteiger partial charge is 0.168 e. The van der Waals surface area contributed by atoms with Crippen LogP contribution in [0.1, 0.15) is 25.3 Å². The van der Waals surface area contributed by atoms with Gasteiger partial charge in [-0.15, -0.1) is 0 Å². The first kappa shape index (κ1) is 9.46. The predicted molar refractivity (Wildman–Crippen MR) is 63.4 cm³/mol. The lowest BCUT2D eigenvalue weighted by molar-refractivity contribution is 0.788. The van der Waals surface area contributed by atoms with E-state index in [1.807, 2.05) is 12.1 Å². The molecule has 1 fully saturated rings. The van der Waals surface area contributed by atoms with Crippen molar-refractivity contribution >= 4 is 23.0 Å². The molecule has 0 heterocycles. The molecule has 3 heteroatoms. The Hall–Kier alpha value is -1.09. The van der Waals surface area contributed by atoms with Crippen LogP contribution in [0.25, 0.3) is 0 Å². The summed E-state index contributed by atoms with van der Waals surface area (Å²) in [5.41, 5.74) is 8.19. The molecule has 3 N–H and O–H groups in total. The molecule has 0 spiro atoms. The molecule has 0 amide bonds. The number of anilines is 1. The Morgan fingerprint density at radius 1 is 1.36 bits per heavy atom. The lowest BCUT2D eigenvalue weighted by atomic mass is 9.98. The van der Waals surface area contributed by atoms with E-state index in [1.54, 1.807) is 0 Å². The number of thiocarbonyl (C=S) groups is 1. The van der Waals surface area contributed by atoms with Crippen molar-refractivity contribution in [2.24, 2.45) is 5.73 Å². The Morgan fingerprint density at radius 2 is 1.93 bits per heavy atom. The van der Waals surface area contributed by atoms with Crippen LogP contribution in [-0.2, 0) is 5.41 Å². The molecular formula is C11H14N2S. The van der Waals surface area contributed by atoms with E-state index in [1.165, 1.54) is 18.4 Å². The topological polar surface area (TPSA) is 38.0 Å². The quantitative estimate of drug-likeness (QED) is 0.730. The van der Waals surface area contributed by atoms with Gasteiger partial charge in [-0.05, 0) is 48.2 Å². The fraction of sp³-hybridized carbons (Fsp3) is 0.364. The second kappa shape index (κ2) is 3.24. The fourth-order valence-electron chi connectivity index (χ4n) is 1.57. The number of nitrogens with one attached hydrogen (secondary N) is 1. The van der Waals surface area contributed by atoms with Crippen LogP contribution in [0.15, 0.2) is 24.3 Å². The first-order valence-electron chi connectivity index (χ1n) is 4.77. The van der Waals surface area contributed by atoms with Crippen molar-refractivity contribution in [3.63, 3.8) is 0 Å². The van der Waals surface area contributed by atoms with Gasteiger partial charge in [-0.1, -0.05) is 19.1 Å². The van der Waals surface area contributed by atoms with Gasteiger partial charge in [0.2, 0.25) is 0 Å².